The molecular formula is C16H14BrNO3. The summed E-state index contributed by atoms with van der Waals surface area (Å²) in [5, 5.41) is 0. The Kier molecular flexibility index (Phi) is 3.68. The van der Waals surface area contributed by atoms with E-state index in [4.69, 9.17) is 4.42 Å². The molecule has 0 saturated carbocycles. The molecule has 0 saturated heterocycles. The lowest BCUT2D eigenvalue weighted by Crippen LogP contribution is -2.33. The van der Waals surface area contributed by atoms with E-state index in [0.717, 1.165) is 28.6 Å². The topological polar surface area (TPSA) is 50.5 Å². The molecule has 108 valence electrons. The average Bonchev–Trinajstić information content (AvgIpc) is 2.99. The van der Waals surface area contributed by atoms with Gasteiger partial charge in [-0.15, -0.1) is 0 Å². The zero-order valence-electron chi connectivity index (χ0n) is 11.6. The highest BCUT2D eigenvalue weighted by atomic mass is 79.9. The molecule has 1 aromatic heterocycles. The van der Waals surface area contributed by atoms with Crippen LogP contribution in [0.4, 0.5) is 5.69 Å². The SMILES string of the molecule is CC(=O)N1CCCc2cc(Br)c(C(=O)c3ccoc3)cc21. The summed E-state index contributed by atoms with van der Waals surface area (Å²) in [6.45, 7) is 2.25. The lowest BCUT2D eigenvalue weighted by atomic mass is 9.96. The second kappa shape index (κ2) is 5.48. The molecule has 1 aliphatic rings. The third-order valence-electron chi connectivity index (χ3n) is 3.70. The first-order valence-electron chi connectivity index (χ1n) is 6.75. The van der Waals surface area contributed by atoms with Crippen LogP contribution in [-0.4, -0.2) is 18.2 Å². The first kappa shape index (κ1) is 14.1. The Bertz CT molecular complexity index is 707. The highest BCUT2D eigenvalue weighted by molar-refractivity contribution is 9.10. The molecule has 21 heavy (non-hydrogen) atoms. The van der Waals surface area contributed by atoms with Gasteiger partial charge in [-0.2, -0.15) is 0 Å². The Hall–Kier alpha value is -1.88. The number of nitrogens with zero attached hydrogens (tertiary/aromatic N) is 1. The largest absolute Gasteiger partial charge is 0.472 e. The molecule has 0 radical (unpaired) electrons. The van der Waals surface area contributed by atoms with E-state index in [1.165, 1.54) is 12.5 Å². The van der Waals surface area contributed by atoms with Crippen LogP contribution in [0.25, 0.3) is 0 Å². The van der Waals surface area contributed by atoms with Crippen molar-refractivity contribution in [1.82, 2.24) is 0 Å². The van der Waals surface area contributed by atoms with Gasteiger partial charge in [-0.25, -0.2) is 0 Å². The Morgan fingerprint density at radius 3 is 2.81 bits per heavy atom. The van der Waals surface area contributed by atoms with Crippen LogP contribution < -0.4 is 4.90 Å². The maximum atomic E-state index is 12.5. The molecular weight excluding hydrogens is 334 g/mol. The fourth-order valence-electron chi connectivity index (χ4n) is 2.65. The Morgan fingerprint density at radius 1 is 1.33 bits per heavy atom. The maximum Gasteiger partial charge on any atom is 0.223 e. The van der Waals surface area contributed by atoms with Gasteiger partial charge in [0.15, 0.2) is 5.78 Å². The Morgan fingerprint density at radius 2 is 2.14 bits per heavy atom. The van der Waals surface area contributed by atoms with E-state index in [-0.39, 0.29) is 11.7 Å². The van der Waals surface area contributed by atoms with Crippen LogP contribution in [0.2, 0.25) is 0 Å². The van der Waals surface area contributed by atoms with Gasteiger partial charge in [0.25, 0.3) is 0 Å². The minimum absolute atomic E-state index is 0.0000162. The smallest absolute Gasteiger partial charge is 0.223 e. The molecule has 0 N–H and O–H groups in total. The lowest BCUT2D eigenvalue weighted by molar-refractivity contribution is -0.116. The Labute approximate surface area is 130 Å². The van der Waals surface area contributed by atoms with Crippen molar-refractivity contribution in [3.63, 3.8) is 0 Å². The van der Waals surface area contributed by atoms with Crippen molar-refractivity contribution < 1.29 is 14.0 Å². The van der Waals surface area contributed by atoms with Crippen molar-refractivity contribution in [3.05, 3.63) is 51.9 Å². The second-order valence-electron chi connectivity index (χ2n) is 5.08. The number of carbonyl (C=O) groups is 2. The number of ketones is 1. The van der Waals surface area contributed by atoms with Crippen LogP contribution in [0.3, 0.4) is 0 Å². The number of halogens is 1. The Balaban J connectivity index is 2.09. The van der Waals surface area contributed by atoms with Crippen molar-refractivity contribution in [2.45, 2.75) is 19.8 Å². The van der Waals surface area contributed by atoms with Gasteiger partial charge in [-0.1, -0.05) is 15.9 Å². The van der Waals surface area contributed by atoms with E-state index in [1.54, 1.807) is 24.0 Å². The van der Waals surface area contributed by atoms with E-state index in [0.29, 0.717) is 17.7 Å². The van der Waals surface area contributed by atoms with E-state index in [2.05, 4.69) is 15.9 Å². The molecule has 0 aliphatic carbocycles. The van der Waals surface area contributed by atoms with E-state index < -0.39 is 0 Å². The van der Waals surface area contributed by atoms with Crippen molar-refractivity contribution in [1.29, 1.82) is 0 Å². The number of amides is 1. The maximum absolute atomic E-state index is 12.5. The van der Waals surface area contributed by atoms with Crippen molar-refractivity contribution in [3.8, 4) is 0 Å². The molecule has 1 aliphatic heterocycles. The molecule has 0 unspecified atom stereocenters. The highest BCUT2D eigenvalue weighted by Crippen LogP contribution is 2.33. The molecule has 1 aromatic carbocycles. The second-order valence-corrected chi connectivity index (χ2v) is 5.93. The van der Waals surface area contributed by atoms with Gasteiger partial charge < -0.3 is 9.32 Å². The van der Waals surface area contributed by atoms with Crippen molar-refractivity contribution >= 4 is 33.3 Å². The van der Waals surface area contributed by atoms with Crippen LogP contribution in [0.15, 0.2) is 39.6 Å². The number of hydrogen-bond donors (Lipinski definition) is 0. The number of furan rings is 1. The molecule has 0 bridgehead atoms. The summed E-state index contributed by atoms with van der Waals surface area (Å²) in [7, 11) is 0. The quantitative estimate of drug-likeness (QED) is 0.780. The summed E-state index contributed by atoms with van der Waals surface area (Å²) < 4.78 is 5.72. The van der Waals surface area contributed by atoms with E-state index >= 15 is 0 Å². The molecule has 5 heteroatoms. The summed E-state index contributed by atoms with van der Waals surface area (Å²) >= 11 is 3.46. The van der Waals surface area contributed by atoms with E-state index in [1.807, 2.05) is 6.07 Å². The van der Waals surface area contributed by atoms with Gasteiger partial charge in [0.05, 0.1) is 11.8 Å². The van der Waals surface area contributed by atoms with Gasteiger partial charge >= 0.3 is 0 Å². The minimum Gasteiger partial charge on any atom is -0.472 e. The molecule has 0 atom stereocenters. The van der Waals surface area contributed by atoms with Gasteiger partial charge in [0, 0.05) is 29.2 Å². The molecule has 0 spiro atoms. The van der Waals surface area contributed by atoms with Crippen LogP contribution in [0, 0.1) is 0 Å². The fourth-order valence-corrected chi connectivity index (χ4v) is 3.22. The number of fused-ring (bicyclic) bond motifs is 1. The molecule has 1 amide bonds. The molecule has 4 nitrogen and oxygen atoms in total. The minimum atomic E-state index is -0.118. The monoisotopic (exact) mass is 347 g/mol. The molecule has 2 heterocycles. The van der Waals surface area contributed by atoms with Crippen LogP contribution in [-0.2, 0) is 11.2 Å². The predicted molar refractivity (Wildman–Crippen MR) is 82.6 cm³/mol. The zero-order chi connectivity index (χ0) is 15.0. The van der Waals surface area contributed by atoms with Gasteiger partial charge in [-0.3, -0.25) is 9.59 Å². The summed E-state index contributed by atoms with van der Waals surface area (Å²) in [6.07, 6.45) is 4.75. The standard InChI is InChI=1S/C16H14BrNO3/c1-10(19)18-5-2-3-11-7-14(17)13(8-15(11)18)16(20)12-4-6-21-9-12/h4,6-9H,2-3,5H2,1H3. The first-order valence-corrected chi connectivity index (χ1v) is 7.54. The summed E-state index contributed by atoms with van der Waals surface area (Å²) in [5.41, 5.74) is 2.97. The number of rotatable bonds is 2. The van der Waals surface area contributed by atoms with Gasteiger partial charge in [-0.05, 0) is 36.6 Å². The fraction of sp³-hybridized carbons (Fsp3) is 0.250. The number of carbonyl (C=O) groups excluding carboxylic acids is 2. The third-order valence-corrected chi connectivity index (χ3v) is 4.35. The average molecular weight is 348 g/mol. The third kappa shape index (κ3) is 2.53. The molecule has 2 aromatic rings. The molecule has 0 fully saturated rings. The normalized spacial score (nSPS) is 13.9. The number of aryl methyl sites for hydroxylation is 1. The van der Waals surface area contributed by atoms with Crippen molar-refractivity contribution in [2.75, 3.05) is 11.4 Å². The number of hydrogen-bond acceptors (Lipinski definition) is 3. The number of benzene rings is 1. The summed E-state index contributed by atoms with van der Waals surface area (Å²) in [4.78, 5) is 26.0. The number of anilines is 1. The van der Waals surface area contributed by atoms with Crippen molar-refractivity contribution in [2.24, 2.45) is 0 Å². The zero-order valence-corrected chi connectivity index (χ0v) is 13.1. The highest BCUT2D eigenvalue weighted by Gasteiger charge is 2.24. The van der Waals surface area contributed by atoms with Crippen LogP contribution in [0.5, 0.6) is 0 Å². The summed E-state index contributed by atoms with van der Waals surface area (Å²) in [5.74, 6) is -0.118. The van der Waals surface area contributed by atoms with Crippen LogP contribution in [0.1, 0.15) is 34.8 Å². The predicted octanol–water partition coefficient (Wildman–Crippen LogP) is 3.57. The summed E-state index contributed by atoms with van der Waals surface area (Å²) in [6, 6.07) is 5.38. The first-order chi connectivity index (χ1) is 10.1. The van der Waals surface area contributed by atoms with Crippen LogP contribution >= 0.6 is 15.9 Å². The lowest BCUT2D eigenvalue weighted by Gasteiger charge is -2.29. The van der Waals surface area contributed by atoms with E-state index in [9.17, 15) is 9.59 Å². The van der Waals surface area contributed by atoms with Gasteiger partial charge in [0.2, 0.25) is 5.91 Å². The molecule has 3 rings (SSSR count). The van der Waals surface area contributed by atoms with Gasteiger partial charge in [0.1, 0.15) is 6.26 Å².